The van der Waals surface area contributed by atoms with Gasteiger partial charge in [0, 0.05) is 51.2 Å². The smallest absolute Gasteiger partial charge is 0.251 e. The molecule has 3 nitrogen and oxygen atoms in total. The van der Waals surface area contributed by atoms with Crippen LogP contribution in [0.5, 0.6) is 0 Å². The summed E-state index contributed by atoms with van der Waals surface area (Å²) in [5.74, 6) is 0. The lowest BCUT2D eigenvalue weighted by molar-refractivity contribution is 0.882. The summed E-state index contributed by atoms with van der Waals surface area (Å²) in [4.78, 5) is 7.52. The first-order valence-corrected chi connectivity index (χ1v) is 21.5. The number of hydrogen-bond donors (Lipinski definition) is 0. The molecule has 0 aromatic heterocycles. The summed E-state index contributed by atoms with van der Waals surface area (Å²) in [5.41, 5.74) is 23.6. The zero-order valence-electron chi connectivity index (χ0n) is 34.9. The molecule has 0 amide bonds. The molecule has 292 valence electrons. The first-order chi connectivity index (χ1) is 30.0. The maximum Gasteiger partial charge on any atom is 0.251 e. The fraction of sp³-hybridized carbons (Fsp3) is 0.0877. The number of fused-ring (bicyclic) bond motifs is 4. The minimum Gasteiger partial charge on any atom is -0.315 e. The van der Waals surface area contributed by atoms with E-state index in [1.165, 1.54) is 89.5 Å². The molecule has 11 rings (SSSR count). The Kier molecular flexibility index (Phi) is 9.08. The normalized spacial score (nSPS) is 14.0. The number of rotatable bonds is 7. The second kappa shape index (κ2) is 15.1. The quantitative estimate of drug-likeness (QED) is 0.149. The van der Waals surface area contributed by atoms with Gasteiger partial charge in [0.25, 0.3) is 6.71 Å². The summed E-state index contributed by atoms with van der Waals surface area (Å²) in [7, 11) is 0. The predicted octanol–water partition coefficient (Wildman–Crippen LogP) is 13.8. The molecule has 1 aliphatic carbocycles. The number of anilines is 7. The molecular weight excluding hydrogens is 737 g/mol. The van der Waals surface area contributed by atoms with Crippen molar-refractivity contribution in [2.75, 3.05) is 14.7 Å². The van der Waals surface area contributed by atoms with Crippen LogP contribution in [0, 0.1) is 20.8 Å². The Morgan fingerprint density at radius 2 is 0.934 bits per heavy atom. The van der Waals surface area contributed by atoms with Gasteiger partial charge < -0.3 is 14.7 Å². The van der Waals surface area contributed by atoms with Crippen LogP contribution in [-0.2, 0) is 0 Å². The average molecular weight is 784 g/mol. The van der Waals surface area contributed by atoms with Gasteiger partial charge in [-0.05, 0) is 139 Å². The van der Waals surface area contributed by atoms with Gasteiger partial charge in [-0.25, -0.2) is 0 Å². The van der Waals surface area contributed by atoms with Crippen LogP contribution in [0.1, 0.15) is 29.5 Å². The Morgan fingerprint density at radius 3 is 1.51 bits per heavy atom. The van der Waals surface area contributed by atoms with Gasteiger partial charge in [0.05, 0.1) is 0 Å². The van der Waals surface area contributed by atoms with Crippen molar-refractivity contribution in [3.8, 4) is 22.3 Å². The molecular formula is C57H46BN3. The van der Waals surface area contributed by atoms with Crippen molar-refractivity contribution in [1.29, 1.82) is 0 Å². The van der Waals surface area contributed by atoms with E-state index in [0.717, 1.165) is 29.9 Å². The molecule has 4 heteroatoms. The van der Waals surface area contributed by atoms with Crippen LogP contribution in [0.2, 0.25) is 0 Å². The van der Waals surface area contributed by atoms with E-state index in [2.05, 4.69) is 236 Å². The van der Waals surface area contributed by atoms with Crippen molar-refractivity contribution in [3.63, 3.8) is 0 Å². The Labute approximate surface area is 360 Å². The van der Waals surface area contributed by atoms with Crippen molar-refractivity contribution < 1.29 is 0 Å². The molecule has 8 aromatic carbocycles. The van der Waals surface area contributed by atoms with Crippen LogP contribution in [0.25, 0.3) is 22.3 Å². The van der Waals surface area contributed by atoms with E-state index in [1.807, 2.05) is 0 Å². The van der Waals surface area contributed by atoms with Crippen LogP contribution in [0.4, 0.5) is 39.8 Å². The van der Waals surface area contributed by atoms with Gasteiger partial charge in [-0.1, -0.05) is 150 Å². The van der Waals surface area contributed by atoms with Crippen molar-refractivity contribution in [2.24, 2.45) is 0 Å². The van der Waals surface area contributed by atoms with Crippen LogP contribution >= 0.6 is 0 Å². The lowest BCUT2D eigenvalue weighted by atomic mass is 9.32. The second-order valence-corrected chi connectivity index (χ2v) is 16.7. The third kappa shape index (κ3) is 6.47. The summed E-state index contributed by atoms with van der Waals surface area (Å²) in [6, 6.07) is 71.8. The molecule has 0 unspecified atom stereocenters. The topological polar surface area (TPSA) is 9.72 Å². The van der Waals surface area contributed by atoms with E-state index >= 15 is 0 Å². The van der Waals surface area contributed by atoms with Gasteiger partial charge in [0.1, 0.15) is 0 Å². The predicted molar refractivity (Wildman–Crippen MR) is 259 cm³/mol. The molecule has 0 radical (unpaired) electrons. The van der Waals surface area contributed by atoms with Crippen LogP contribution in [-0.4, -0.2) is 6.71 Å². The molecule has 0 fully saturated rings. The lowest BCUT2D eigenvalue weighted by Gasteiger charge is -2.47. The zero-order chi connectivity index (χ0) is 41.0. The number of hydrogen-bond acceptors (Lipinski definition) is 3. The number of nitrogens with zero attached hydrogens (tertiary/aromatic N) is 3. The van der Waals surface area contributed by atoms with Gasteiger partial charge in [0.15, 0.2) is 0 Å². The monoisotopic (exact) mass is 783 g/mol. The Hall–Kier alpha value is -7.30. The molecule has 0 spiro atoms. The number of allylic oxidation sites excluding steroid dienone is 3. The molecule has 8 aromatic rings. The summed E-state index contributed by atoms with van der Waals surface area (Å²) in [6.45, 7) is 6.66. The minimum atomic E-state index is 0.0904. The number of benzene rings is 8. The van der Waals surface area contributed by atoms with E-state index in [-0.39, 0.29) is 6.71 Å². The Morgan fingerprint density at radius 1 is 0.426 bits per heavy atom. The van der Waals surface area contributed by atoms with Crippen LogP contribution in [0.15, 0.2) is 217 Å². The van der Waals surface area contributed by atoms with E-state index in [1.54, 1.807) is 0 Å². The van der Waals surface area contributed by atoms with Crippen LogP contribution in [0.3, 0.4) is 0 Å². The van der Waals surface area contributed by atoms with Gasteiger partial charge in [0.2, 0.25) is 0 Å². The van der Waals surface area contributed by atoms with Crippen molar-refractivity contribution >= 4 is 57.5 Å². The standard InChI is InChI=1S/C57H46BN3/c1-39-17-26-48(27-18-39)60-53-36-21-41(3)37-52(53)58-51-35-34-50(38-56(51)61(49-28-19-40(2)20-29-49)55-16-10-15-54(60)57(55)58)59(46-30-22-44(23-31-46)42-11-6-4-7-12-42)47-32-24-45(25-33-47)43-13-8-5-9-14-43/h4-9,11-14,16-38H,10,15H2,1-3H3. The molecule has 0 atom stereocenters. The van der Waals surface area contributed by atoms with Crippen molar-refractivity contribution in [3.05, 3.63) is 234 Å². The molecule has 2 heterocycles. The lowest BCUT2D eigenvalue weighted by Crippen LogP contribution is -2.57. The van der Waals surface area contributed by atoms with E-state index < -0.39 is 0 Å². The number of aryl methyl sites for hydroxylation is 3. The highest BCUT2D eigenvalue weighted by Crippen LogP contribution is 2.49. The fourth-order valence-corrected chi connectivity index (χ4v) is 9.74. The summed E-state index contributed by atoms with van der Waals surface area (Å²) < 4.78 is 0. The maximum atomic E-state index is 2.56. The SMILES string of the molecule is Cc1ccc(N2C3=CCCC4=C3B(c3ccc(N(c5ccc(-c6ccccc6)cc5)c5ccc(-c6ccccc6)cc5)cc32)c2cc(C)ccc2N4c2ccc(C)cc2)cc1. The Balaban J connectivity index is 1.12. The van der Waals surface area contributed by atoms with Crippen molar-refractivity contribution in [1.82, 2.24) is 0 Å². The molecule has 0 saturated heterocycles. The molecule has 2 aliphatic heterocycles. The Bertz CT molecular complexity index is 2890. The van der Waals surface area contributed by atoms with Gasteiger partial charge in [-0.3, -0.25) is 0 Å². The highest BCUT2D eigenvalue weighted by atomic mass is 15.2. The largest absolute Gasteiger partial charge is 0.315 e. The molecule has 0 bridgehead atoms. The van der Waals surface area contributed by atoms with E-state index in [9.17, 15) is 0 Å². The first kappa shape index (κ1) is 36.8. The van der Waals surface area contributed by atoms with E-state index in [0.29, 0.717) is 0 Å². The molecule has 61 heavy (non-hydrogen) atoms. The van der Waals surface area contributed by atoms with E-state index in [4.69, 9.17) is 0 Å². The zero-order valence-corrected chi connectivity index (χ0v) is 34.9. The third-order valence-corrected chi connectivity index (χ3v) is 12.7. The highest BCUT2D eigenvalue weighted by Gasteiger charge is 2.46. The first-order valence-electron chi connectivity index (χ1n) is 21.5. The van der Waals surface area contributed by atoms with Gasteiger partial charge in [-0.2, -0.15) is 0 Å². The molecule has 0 saturated carbocycles. The average Bonchev–Trinajstić information content (AvgIpc) is 3.31. The highest BCUT2D eigenvalue weighted by molar-refractivity contribution is 6.94. The molecule has 3 aliphatic rings. The van der Waals surface area contributed by atoms with Gasteiger partial charge in [-0.15, -0.1) is 0 Å². The summed E-state index contributed by atoms with van der Waals surface area (Å²) >= 11 is 0. The summed E-state index contributed by atoms with van der Waals surface area (Å²) in [5, 5.41) is 0. The van der Waals surface area contributed by atoms with Crippen LogP contribution < -0.4 is 25.6 Å². The molecule has 0 N–H and O–H groups in total. The maximum absolute atomic E-state index is 2.56. The minimum absolute atomic E-state index is 0.0904. The second-order valence-electron chi connectivity index (χ2n) is 16.7. The third-order valence-electron chi connectivity index (χ3n) is 12.7. The fourth-order valence-electron chi connectivity index (χ4n) is 9.74. The van der Waals surface area contributed by atoms with Gasteiger partial charge >= 0.3 is 0 Å². The van der Waals surface area contributed by atoms with Crippen molar-refractivity contribution in [2.45, 2.75) is 33.6 Å². The summed E-state index contributed by atoms with van der Waals surface area (Å²) in [6.07, 6.45) is 4.45.